The third kappa shape index (κ3) is 3.49. The van der Waals surface area contributed by atoms with Crippen LogP contribution in [-0.4, -0.2) is 36.9 Å². The standard InChI is InChI=1S/C13H19N3O3/c1-13(2,3)19-12(17)15-9-7-10-11(14-8-9)16(4)5-6-18-10/h7-8H,5-6H2,1-4H3,(H,15,17). The van der Waals surface area contributed by atoms with Gasteiger partial charge in [0.1, 0.15) is 12.2 Å². The second kappa shape index (κ2) is 4.95. The van der Waals surface area contributed by atoms with E-state index >= 15 is 0 Å². The third-order valence-corrected chi connectivity index (χ3v) is 2.52. The number of hydrogen-bond acceptors (Lipinski definition) is 5. The number of hydrogen-bond donors (Lipinski definition) is 1. The summed E-state index contributed by atoms with van der Waals surface area (Å²) in [6, 6.07) is 1.75. The molecule has 2 rings (SSSR count). The number of rotatable bonds is 1. The maximum atomic E-state index is 11.6. The van der Waals surface area contributed by atoms with Crippen LogP contribution in [0.15, 0.2) is 12.3 Å². The van der Waals surface area contributed by atoms with Crippen molar-refractivity contribution in [3.8, 4) is 5.75 Å². The lowest BCUT2D eigenvalue weighted by atomic mass is 10.2. The van der Waals surface area contributed by atoms with Crippen LogP contribution in [0.1, 0.15) is 20.8 Å². The Balaban J connectivity index is 2.08. The number of ether oxygens (including phenoxy) is 2. The molecular formula is C13H19N3O3. The predicted octanol–water partition coefficient (Wildman–Crippen LogP) is 2.26. The molecule has 19 heavy (non-hydrogen) atoms. The lowest BCUT2D eigenvalue weighted by molar-refractivity contribution is 0.0636. The van der Waals surface area contributed by atoms with Gasteiger partial charge in [-0.3, -0.25) is 5.32 Å². The molecule has 0 spiro atoms. The fourth-order valence-electron chi connectivity index (χ4n) is 1.72. The lowest BCUT2D eigenvalue weighted by Gasteiger charge is -2.26. The minimum Gasteiger partial charge on any atom is -0.488 e. The highest BCUT2D eigenvalue weighted by Gasteiger charge is 2.19. The van der Waals surface area contributed by atoms with Gasteiger partial charge >= 0.3 is 6.09 Å². The van der Waals surface area contributed by atoms with Crippen molar-refractivity contribution in [1.82, 2.24) is 4.98 Å². The van der Waals surface area contributed by atoms with Gasteiger partial charge < -0.3 is 14.4 Å². The Bertz CT molecular complexity index is 483. The van der Waals surface area contributed by atoms with Gasteiger partial charge in [0.2, 0.25) is 0 Å². The van der Waals surface area contributed by atoms with Crippen molar-refractivity contribution in [2.24, 2.45) is 0 Å². The Kier molecular flexibility index (Phi) is 3.50. The van der Waals surface area contributed by atoms with Gasteiger partial charge in [0.05, 0.1) is 18.4 Å². The molecule has 0 aromatic carbocycles. The molecule has 6 heteroatoms. The van der Waals surface area contributed by atoms with Gasteiger partial charge in [-0.05, 0) is 20.8 Å². The van der Waals surface area contributed by atoms with E-state index < -0.39 is 11.7 Å². The maximum Gasteiger partial charge on any atom is 0.412 e. The van der Waals surface area contributed by atoms with Crippen LogP contribution in [0.25, 0.3) is 0 Å². The van der Waals surface area contributed by atoms with Crippen LogP contribution in [0.5, 0.6) is 5.75 Å². The highest BCUT2D eigenvalue weighted by Crippen LogP contribution is 2.30. The molecule has 0 aliphatic carbocycles. The molecule has 1 aliphatic heterocycles. The molecule has 0 saturated heterocycles. The number of nitrogens with one attached hydrogen (secondary N) is 1. The van der Waals surface area contributed by atoms with Crippen LogP contribution in [-0.2, 0) is 4.74 Å². The molecule has 104 valence electrons. The molecule has 0 unspecified atom stereocenters. The number of carbonyl (C=O) groups excluding carboxylic acids is 1. The first kappa shape index (κ1) is 13.5. The third-order valence-electron chi connectivity index (χ3n) is 2.52. The van der Waals surface area contributed by atoms with Crippen LogP contribution in [0.3, 0.4) is 0 Å². The van der Waals surface area contributed by atoms with E-state index in [4.69, 9.17) is 9.47 Å². The number of amides is 1. The number of nitrogens with zero attached hydrogens (tertiary/aromatic N) is 2. The van der Waals surface area contributed by atoms with Gasteiger partial charge in [-0.15, -0.1) is 0 Å². The molecule has 1 amide bonds. The van der Waals surface area contributed by atoms with E-state index in [2.05, 4.69) is 10.3 Å². The molecule has 1 N–H and O–H groups in total. The molecule has 0 atom stereocenters. The van der Waals surface area contributed by atoms with E-state index in [1.54, 1.807) is 12.3 Å². The van der Waals surface area contributed by atoms with Gasteiger partial charge in [-0.1, -0.05) is 0 Å². The summed E-state index contributed by atoms with van der Waals surface area (Å²) in [6.07, 6.45) is 1.09. The van der Waals surface area contributed by atoms with Crippen molar-refractivity contribution in [1.29, 1.82) is 0 Å². The maximum absolute atomic E-state index is 11.6. The van der Waals surface area contributed by atoms with Crippen LogP contribution in [0, 0.1) is 0 Å². The predicted molar refractivity (Wildman–Crippen MR) is 72.9 cm³/mol. The summed E-state index contributed by atoms with van der Waals surface area (Å²) in [6.45, 7) is 6.86. The zero-order chi connectivity index (χ0) is 14.0. The molecule has 0 bridgehead atoms. The lowest BCUT2D eigenvalue weighted by Crippen LogP contribution is -2.30. The average Bonchev–Trinajstić information content (AvgIpc) is 2.26. The Hall–Kier alpha value is -1.98. The average molecular weight is 265 g/mol. The van der Waals surface area contributed by atoms with Gasteiger partial charge in [0.15, 0.2) is 11.6 Å². The summed E-state index contributed by atoms with van der Waals surface area (Å²) < 4.78 is 10.7. The van der Waals surface area contributed by atoms with E-state index in [0.29, 0.717) is 18.0 Å². The molecule has 6 nitrogen and oxygen atoms in total. The largest absolute Gasteiger partial charge is 0.488 e. The number of carbonyl (C=O) groups is 1. The van der Waals surface area contributed by atoms with Crippen LogP contribution in [0.4, 0.5) is 16.3 Å². The van der Waals surface area contributed by atoms with E-state index in [1.807, 2.05) is 32.7 Å². The second-order valence-corrected chi connectivity index (χ2v) is 5.44. The molecule has 2 heterocycles. The van der Waals surface area contributed by atoms with E-state index in [1.165, 1.54) is 0 Å². The zero-order valence-electron chi connectivity index (χ0n) is 11.7. The molecule has 1 aliphatic rings. The van der Waals surface area contributed by atoms with Crippen molar-refractivity contribution in [3.05, 3.63) is 12.3 Å². The van der Waals surface area contributed by atoms with Crippen molar-refractivity contribution < 1.29 is 14.3 Å². The van der Waals surface area contributed by atoms with Crippen molar-refractivity contribution in [3.63, 3.8) is 0 Å². The number of fused-ring (bicyclic) bond motifs is 1. The molecular weight excluding hydrogens is 246 g/mol. The molecule has 1 aromatic heterocycles. The van der Waals surface area contributed by atoms with Crippen LogP contribution in [0.2, 0.25) is 0 Å². The van der Waals surface area contributed by atoms with E-state index in [-0.39, 0.29) is 0 Å². The first-order chi connectivity index (χ1) is 8.85. The normalized spacial score (nSPS) is 14.4. The monoisotopic (exact) mass is 265 g/mol. The van der Waals surface area contributed by atoms with Gasteiger partial charge in [0, 0.05) is 13.1 Å². The second-order valence-electron chi connectivity index (χ2n) is 5.44. The zero-order valence-corrected chi connectivity index (χ0v) is 11.7. The van der Waals surface area contributed by atoms with Crippen LogP contribution >= 0.6 is 0 Å². The quantitative estimate of drug-likeness (QED) is 0.843. The molecule has 0 saturated carbocycles. The number of likely N-dealkylation sites (N-methyl/N-ethyl adjacent to an activating group) is 1. The van der Waals surface area contributed by atoms with Gasteiger partial charge in [-0.25, -0.2) is 9.78 Å². The smallest absolute Gasteiger partial charge is 0.412 e. The Morgan fingerprint density at radius 3 is 2.95 bits per heavy atom. The summed E-state index contributed by atoms with van der Waals surface area (Å²) in [5.74, 6) is 1.45. The summed E-state index contributed by atoms with van der Waals surface area (Å²) in [5.41, 5.74) is 0.0333. The minimum atomic E-state index is -0.525. The fourth-order valence-corrected chi connectivity index (χ4v) is 1.72. The topological polar surface area (TPSA) is 63.7 Å². The minimum absolute atomic E-state index is 0.501. The van der Waals surface area contributed by atoms with Gasteiger partial charge in [0.25, 0.3) is 0 Å². The van der Waals surface area contributed by atoms with Crippen molar-refractivity contribution >= 4 is 17.6 Å². The van der Waals surface area contributed by atoms with Crippen LogP contribution < -0.4 is 15.0 Å². The number of pyridine rings is 1. The molecule has 0 fully saturated rings. The summed E-state index contributed by atoms with van der Waals surface area (Å²) in [4.78, 5) is 17.9. The highest BCUT2D eigenvalue weighted by molar-refractivity contribution is 5.85. The Morgan fingerprint density at radius 1 is 1.53 bits per heavy atom. The fraction of sp³-hybridized carbons (Fsp3) is 0.538. The molecule has 0 radical (unpaired) electrons. The van der Waals surface area contributed by atoms with E-state index in [0.717, 1.165) is 12.4 Å². The Labute approximate surface area is 112 Å². The summed E-state index contributed by atoms with van der Waals surface area (Å²) in [7, 11) is 1.95. The SMILES string of the molecule is CN1CCOc2cc(NC(=O)OC(C)(C)C)cnc21. The Morgan fingerprint density at radius 2 is 2.26 bits per heavy atom. The number of aromatic nitrogens is 1. The van der Waals surface area contributed by atoms with Gasteiger partial charge in [-0.2, -0.15) is 0 Å². The summed E-state index contributed by atoms with van der Waals surface area (Å²) >= 11 is 0. The molecule has 1 aromatic rings. The van der Waals surface area contributed by atoms with E-state index in [9.17, 15) is 4.79 Å². The van der Waals surface area contributed by atoms with Crippen molar-refractivity contribution in [2.75, 3.05) is 30.4 Å². The number of anilines is 2. The highest BCUT2D eigenvalue weighted by atomic mass is 16.6. The van der Waals surface area contributed by atoms with Crippen molar-refractivity contribution in [2.45, 2.75) is 26.4 Å². The first-order valence-corrected chi connectivity index (χ1v) is 6.19. The first-order valence-electron chi connectivity index (χ1n) is 6.19. The summed E-state index contributed by atoms with van der Waals surface area (Å²) in [5, 5.41) is 2.64.